The lowest BCUT2D eigenvalue weighted by atomic mass is 10.0. The fourth-order valence-electron chi connectivity index (χ4n) is 5.32. The van der Waals surface area contributed by atoms with Gasteiger partial charge in [0, 0.05) is 24.5 Å². The first kappa shape index (κ1) is 21.4. The van der Waals surface area contributed by atoms with E-state index < -0.39 is 5.82 Å². The van der Waals surface area contributed by atoms with Crippen molar-refractivity contribution in [1.29, 1.82) is 0 Å². The summed E-state index contributed by atoms with van der Waals surface area (Å²) in [6.07, 6.45) is 3.98. The first-order chi connectivity index (χ1) is 15.4. The number of hydrogen-bond acceptors (Lipinski definition) is 5. The molecule has 168 valence electrons. The molecule has 2 fully saturated rings. The molecule has 0 amide bonds. The smallest absolute Gasteiger partial charge is 0.165 e. The maximum absolute atomic E-state index is 14.6. The molecule has 32 heavy (non-hydrogen) atoms. The first-order valence-corrected chi connectivity index (χ1v) is 11.5. The van der Waals surface area contributed by atoms with Gasteiger partial charge in [-0.25, -0.2) is 14.4 Å². The van der Waals surface area contributed by atoms with Crippen LogP contribution in [-0.2, 0) is 0 Å². The average Bonchev–Trinajstić information content (AvgIpc) is 3.30. The first-order valence-electron chi connectivity index (χ1n) is 11.2. The zero-order chi connectivity index (χ0) is 22.4. The summed E-state index contributed by atoms with van der Waals surface area (Å²) in [6, 6.07) is 7.41. The van der Waals surface area contributed by atoms with Crippen molar-refractivity contribution in [3.05, 3.63) is 52.6 Å². The number of ether oxygens (including phenoxy) is 1. The third kappa shape index (κ3) is 4.02. The molecule has 2 aliphatic rings. The largest absolute Gasteiger partial charge is 0.493 e. The van der Waals surface area contributed by atoms with Crippen molar-refractivity contribution < 1.29 is 9.13 Å². The molecule has 2 aromatic carbocycles. The van der Waals surface area contributed by atoms with Gasteiger partial charge in [0.1, 0.15) is 17.9 Å². The summed E-state index contributed by atoms with van der Waals surface area (Å²) in [5.74, 6) is 3.16. The predicted molar refractivity (Wildman–Crippen MR) is 126 cm³/mol. The van der Waals surface area contributed by atoms with E-state index in [0.29, 0.717) is 17.3 Å². The second kappa shape index (κ2) is 8.49. The lowest BCUT2D eigenvalue weighted by molar-refractivity contribution is 0.235. The molecule has 7 heteroatoms. The molecule has 1 aliphatic carbocycles. The van der Waals surface area contributed by atoms with Crippen LogP contribution in [0.2, 0.25) is 5.02 Å². The fourth-order valence-corrected chi connectivity index (χ4v) is 5.49. The third-order valence-corrected chi connectivity index (χ3v) is 7.43. The zero-order valence-electron chi connectivity index (χ0n) is 18.7. The molecule has 1 unspecified atom stereocenters. The van der Waals surface area contributed by atoms with E-state index in [2.05, 4.69) is 27.2 Å². The van der Waals surface area contributed by atoms with Gasteiger partial charge >= 0.3 is 0 Å². The standard InChI is InChI=1S/C25H28ClFN4O/c1-14-4-5-20(24(27)23(14)26)30-25-19-6-15(2)22(9-21(19)28-13-29-25)32-12-16-7-17-10-31(3)11-18(17)8-16/h4-6,9,13,16-18H,7-8,10-12H2,1-3H3,(H,28,29,30)/t16?,17-,18+. The number of nitrogens with one attached hydrogen (secondary N) is 1. The van der Waals surface area contributed by atoms with E-state index in [9.17, 15) is 4.39 Å². The molecule has 3 aromatic rings. The van der Waals surface area contributed by atoms with Crippen LogP contribution in [0.4, 0.5) is 15.9 Å². The van der Waals surface area contributed by atoms with Crippen molar-refractivity contribution in [2.24, 2.45) is 17.8 Å². The van der Waals surface area contributed by atoms with Crippen LogP contribution in [0, 0.1) is 37.4 Å². The van der Waals surface area contributed by atoms with Gasteiger partial charge in [0.05, 0.1) is 22.8 Å². The Kier molecular flexibility index (Phi) is 5.68. The van der Waals surface area contributed by atoms with E-state index in [1.165, 1.54) is 32.3 Å². The van der Waals surface area contributed by atoms with E-state index >= 15 is 0 Å². The van der Waals surface area contributed by atoms with E-state index in [-0.39, 0.29) is 10.7 Å². The second-order valence-corrected chi connectivity index (χ2v) is 9.81. The summed E-state index contributed by atoms with van der Waals surface area (Å²) in [7, 11) is 2.22. The second-order valence-electron chi connectivity index (χ2n) is 9.43. The zero-order valence-corrected chi connectivity index (χ0v) is 19.4. The number of halogens is 2. The Morgan fingerprint density at radius 1 is 1.12 bits per heavy atom. The maximum atomic E-state index is 14.6. The Balaban J connectivity index is 1.34. The SMILES string of the molecule is Cc1cc2c(Nc3ccc(C)c(Cl)c3F)ncnc2cc1OCC1C[C@@H]2CN(C)C[C@@H]2C1. The van der Waals surface area contributed by atoms with Crippen molar-refractivity contribution in [1.82, 2.24) is 14.9 Å². The predicted octanol–water partition coefficient (Wildman–Crippen LogP) is 5.75. The van der Waals surface area contributed by atoms with Gasteiger partial charge in [0.15, 0.2) is 5.82 Å². The van der Waals surface area contributed by atoms with Gasteiger partial charge in [-0.1, -0.05) is 17.7 Å². The molecule has 5 rings (SSSR count). The molecular weight excluding hydrogens is 427 g/mol. The van der Waals surface area contributed by atoms with Crippen LogP contribution in [-0.4, -0.2) is 41.6 Å². The topological polar surface area (TPSA) is 50.3 Å². The lowest BCUT2D eigenvalue weighted by Gasteiger charge is -2.17. The van der Waals surface area contributed by atoms with Crippen LogP contribution < -0.4 is 10.1 Å². The summed E-state index contributed by atoms with van der Waals surface area (Å²) in [5.41, 5.74) is 2.75. The molecule has 2 heterocycles. The van der Waals surface area contributed by atoms with Crippen molar-refractivity contribution in [3.8, 4) is 5.75 Å². The van der Waals surface area contributed by atoms with Crippen LogP contribution in [0.1, 0.15) is 24.0 Å². The van der Waals surface area contributed by atoms with E-state index in [1.54, 1.807) is 19.1 Å². The van der Waals surface area contributed by atoms with Crippen molar-refractivity contribution in [2.75, 3.05) is 32.1 Å². The number of likely N-dealkylation sites (tertiary alicyclic amines) is 1. The van der Waals surface area contributed by atoms with Gasteiger partial charge in [-0.3, -0.25) is 0 Å². The molecule has 1 saturated carbocycles. The van der Waals surface area contributed by atoms with Crippen molar-refractivity contribution >= 4 is 34.0 Å². The highest BCUT2D eigenvalue weighted by Gasteiger charge is 2.39. The number of anilines is 2. The number of hydrogen-bond donors (Lipinski definition) is 1. The number of fused-ring (bicyclic) bond motifs is 2. The van der Waals surface area contributed by atoms with Crippen LogP contribution in [0.25, 0.3) is 10.9 Å². The van der Waals surface area contributed by atoms with Gasteiger partial charge in [-0.15, -0.1) is 0 Å². The summed E-state index contributed by atoms with van der Waals surface area (Å²) >= 11 is 6.07. The minimum absolute atomic E-state index is 0.114. The van der Waals surface area contributed by atoms with Crippen LogP contribution in [0.3, 0.4) is 0 Å². The Morgan fingerprint density at radius 3 is 2.62 bits per heavy atom. The van der Waals surface area contributed by atoms with Gasteiger partial charge in [-0.05, 0) is 74.8 Å². The highest BCUT2D eigenvalue weighted by molar-refractivity contribution is 6.31. The quantitative estimate of drug-likeness (QED) is 0.532. The summed E-state index contributed by atoms with van der Waals surface area (Å²) in [5, 5.41) is 4.00. The highest BCUT2D eigenvalue weighted by Crippen LogP contribution is 2.41. The molecule has 1 aromatic heterocycles. The van der Waals surface area contributed by atoms with Gasteiger partial charge < -0.3 is 15.0 Å². The number of aromatic nitrogens is 2. The minimum Gasteiger partial charge on any atom is -0.493 e. The number of nitrogens with zero attached hydrogens (tertiary/aromatic N) is 3. The van der Waals surface area contributed by atoms with Crippen LogP contribution in [0.15, 0.2) is 30.6 Å². The van der Waals surface area contributed by atoms with E-state index in [1.807, 2.05) is 19.1 Å². The Labute approximate surface area is 193 Å². The van der Waals surface area contributed by atoms with E-state index in [4.69, 9.17) is 16.3 Å². The monoisotopic (exact) mass is 454 g/mol. The molecule has 3 atom stereocenters. The minimum atomic E-state index is -0.484. The molecule has 5 nitrogen and oxygen atoms in total. The lowest BCUT2D eigenvalue weighted by Crippen LogP contribution is -2.18. The summed E-state index contributed by atoms with van der Waals surface area (Å²) in [4.78, 5) is 11.2. The molecule has 1 saturated heterocycles. The van der Waals surface area contributed by atoms with Crippen molar-refractivity contribution in [2.45, 2.75) is 26.7 Å². The molecule has 0 radical (unpaired) electrons. The molecular formula is C25H28ClFN4O. The number of aryl methyl sites for hydroxylation is 2. The molecule has 0 bridgehead atoms. The van der Waals surface area contributed by atoms with E-state index in [0.717, 1.165) is 40.7 Å². The molecule has 1 N–H and O–H groups in total. The Morgan fingerprint density at radius 2 is 1.88 bits per heavy atom. The Hall–Kier alpha value is -2.44. The summed E-state index contributed by atoms with van der Waals surface area (Å²) in [6.45, 7) is 6.97. The number of benzene rings is 2. The summed E-state index contributed by atoms with van der Waals surface area (Å²) < 4.78 is 20.8. The van der Waals surface area contributed by atoms with Crippen LogP contribution in [0.5, 0.6) is 5.75 Å². The van der Waals surface area contributed by atoms with Gasteiger partial charge in [0.2, 0.25) is 0 Å². The van der Waals surface area contributed by atoms with Crippen molar-refractivity contribution in [3.63, 3.8) is 0 Å². The van der Waals surface area contributed by atoms with Crippen LogP contribution >= 0.6 is 11.6 Å². The average molecular weight is 455 g/mol. The molecule has 1 aliphatic heterocycles. The fraction of sp³-hybridized carbons (Fsp3) is 0.440. The van der Waals surface area contributed by atoms with Gasteiger partial charge in [0.25, 0.3) is 0 Å². The third-order valence-electron chi connectivity index (χ3n) is 6.97. The Bertz CT molecular complexity index is 1160. The maximum Gasteiger partial charge on any atom is 0.165 e. The number of rotatable bonds is 5. The van der Waals surface area contributed by atoms with Gasteiger partial charge in [-0.2, -0.15) is 0 Å². The molecule has 0 spiro atoms. The normalized spacial score (nSPS) is 23.0. The highest BCUT2D eigenvalue weighted by atomic mass is 35.5.